The first-order valence-corrected chi connectivity index (χ1v) is 9.59. The third-order valence-corrected chi connectivity index (χ3v) is 5.32. The second kappa shape index (κ2) is 8.57. The van der Waals surface area contributed by atoms with Crippen LogP contribution in [0.1, 0.15) is 28.3 Å². The van der Waals surface area contributed by atoms with Crippen LogP contribution in [0.2, 0.25) is 0 Å². The van der Waals surface area contributed by atoms with Gasteiger partial charge < -0.3 is 21.9 Å². The number of carboxylic acids is 1. The molecule has 0 saturated heterocycles. The van der Waals surface area contributed by atoms with Gasteiger partial charge >= 0.3 is 5.97 Å². The lowest BCUT2D eigenvalue weighted by molar-refractivity contribution is -0.139. The number of carbonyl (C=O) groups is 3. The number of amides is 2. The Labute approximate surface area is 171 Å². The van der Waals surface area contributed by atoms with Gasteiger partial charge in [-0.05, 0) is 46.8 Å². The fourth-order valence-electron chi connectivity index (χ4n) is 2.88. The number of benzene rings is 2. The lowest BCUT2D eigenvalue weighted by Gasteiger charge is -2.13. The molecule has 0 aliphatic carbocycles. The number of rotatable bonds is 7. The van der Waals surface area contributed by atoms with Crippen LogP contribution in [0.5, 0.6) is 0 Å². The molecule has 1 heterocycles. The van der Waals surface area contributed by atoms with E-state index in [1.807, 2.05) is 29.6 Å². The van der Waals surface area contributed by atoms with Crippen molar-refractivity contribution in [3.8, 4) is 10.4 Å². The second-order valence-corrected chi connectivity index (χ2v) is 7.36. The molecule has 3 aromatic rings. The lowest BCUT2D eigenvalue weighted by atomic mass is 9.94. The Morgan fingerprint density at radius 3 is 2.38 bits per heavy atom. The highest BCUT2D eigenvalue weighted by molar-refractivity contribution is 7.13. The number of hydrogen-bond donors (Lipinski definition) is 4. The Bertz CT molecular complexity index is 1050. The van der Waals surface area contributed by atoms with Gasteiger partial charge in [-0.3, -0.25) is 14.4 Å². The first kappa shape index (κ1) is 20.1. The topological polar surface area (TPSA) is 136 Å². The highest BCUT2D eigenvalue weighted by Crippen LogP contribution is 2.30. The number of hydrogen-bond acceptors (Lipinski definition) is 5. The zero-order valence-corrected chi connectivity index (χ0v) is 16.1. The van der Waals surface area contributed by atoms with E-state index in [0.29, 0.717) is 22.5 Å². The predicted molar refractivity (Wildman–Crippen MR) is 113 cm³/mol. The van der Waals surface area contributed by atoms with Gasteiger partial charge in [0.2, 0.25) is 5.91 Å². The molecule has 29 heavy (non-hydrogen) atoms. The summed E-state index contributed by atoms with van der Waals surface area (Å²) < 4.78 is 0. The minimum atomic E-state index is -1.13. The highest BCUT2D eigenvalue weighted by atomic mass is 32.1. The van der Waals surface area contributed by atoms with Crippen LogP contribution in [0.4, 0.5) is 11.4 Å². The predicted octanol–water partition coefficient (Wildman–Crippen LogP) is 3.29. The number of nitrogens with two attached hydrogens (primary N) is 2. The summed E-state index contributed by atoms with van der Waals surface area (Å²) in [7, 11) is 0. The van der Waals surface area contributed by atoms with Crippen molar-refractivity contribution in [2.45, 2.75) is 12.3 Å². The average molecular weight is 409 g/mol. The van der Waals surface area contributed by atoms with Gasteiger partial charge in [0.15, 0.2) is 0 Å². The molecular formula is C21H19N3O4S. The number of anilines is 2. The molecule has 0 spiro atoms. The van der Waals surface area contributed by atoms with Crippen molar-refractivity contribution in [3.05, 3.63) is 71.1 Å². The first-order chi connectivity index (χ1) is 13.8. The van der Waals surface area contributed by atoms with Crippen LogP contribution in [0.25, 0.3) is 10.4 Å². The summed E-state index contributed by atoms with van der Waals surface area (Å²) >= 11 is 1.58. The van der Waals surface area contributed by atoms with Gasteiger partial charge in [-0.25, -0.2) is 0 Å². The van der Waals surface area contributed by atoms with Crippen LogP contribution in [0.15, 0.2) is 60.0 Å². The Kier molecular flexibility index (Phi) is 5.94. The Balaban J connectivity index is 1.78. The molecule has 0 aliphatic rings. The summed E-state index contributed by atoms with van der Waals surface area (Å²) in [4.78, 5) is 36.1. The number of carbonyl (C=O) groups excluding carboxylic acids is 2. The van der Waals surface area contributed by atoms with E-state index < -0.39 is 24.2 Å². The van der Waals surface area contributed by atoms with E-state index in [1.165, 1.54) is 24.3 Å². The van der Waals surface area contributed by atoms with E-state index in [9.17, 15) is 14.4 Å². The molecule has 0 saturated carbocycles. The maximum absolute atomic E-state index is 12.6. The van der Waals surface area contributed by atoms with Crippen molar-refractivity contribution in [2.24, 2.45) is 5.73 Å². The molecule has 2 aromatic carbocycles. The lowest BCUT2D eigenvalue weighted by Crippen LogP contribution is -2.24. The smallest absolute Gasteiger partial charge is 0.304 e. The van der Waals surface area contributed by atoms with Crippen LogP contribution >= 0.6 is 11.3 Å². The fraction of sp³-hybridized carbons (Fsp3) is 0.0952. The molecule has 0 aliphatic heterocycles. The summed E-state index contributed by atoms with van der Waals surface area (Å²) in [5, 5.41) is 13.7. The Morgan fingerprint density at radius 1 is 1.07 bits per heavy atom. The van der Waals surface area contributed by atoms with Gasteiger partial charge in [-0.1, -0.05) is 24.3 Å². The zero-order chi connectivity index (χ0) is 21.0. The monoisotopic (exact) mass is 409 g/mol. The molecule has 148 valence electrons. The van der Waals surface area contributed by atoms with Gasteiger partial charge in [0.25, 0.3) is 5.91 Å². The minimum Gasteiger partial charge on any atom is -0.481 e. The maximum atomic E-state index is 12.6. The molecule has 7 nitrogen and oxygen atoms in total. The summed E-state index contributed by atoms with van der Waals surface area (Å²) in [5.41, 5.74) is 13.9. The van der Waals surface area contributed by atoms with E-state index in [-0.39, 0.29) is 5.91 Å². The molecule has 8 heteroatoms. The molecule has 1 aromatic heterocycles. The number of nitrogens with one attached hydrogen (secondary N) is 1. The SMILES string of the molecule is NC(=O)C(CC(=O)O)c1ccc(C(=O)Nc2cc(-c3cccs3)ccc2N)cc1. The summed E-state index contributed by atoms with van der Waals surface area (Å²) in [6.07, 6.45) is -0.410. The molecule has 0 radical (unpaired) electrons. The van der Waals surface area contributed by atoms with E-state index >= 15 is 0 Å². The van der Waals surface area contributed by atoms with Gasteiger partial charge in [0.1, 0.15) is 0 Å². The largest absolute Gasteiger partial charge is 0.481 e. The van der Waals surface area contributed by atoms with Crippen LogP contribution in [0, 0.1) is 0 Å². The maximum Gasteiger partial charge on any atom is 0.304 e. The Morgan fingerprint density at radius 2 is 1.79 bits per heavy atom. The standard InChI is InChI=1S/C21H19N3O4S/c22-16-8-7-14(18-2-1-9-29-18)10-17(16)24-21(28)13-5-3-12(4-6-13)15(20(23)27)11-19(25)26/h1-10,15H,11,22H2,(H2,23,27)(H,24,28)(H,25,26). The normalized spacial score (nSPS) is 11.6. The third kappa shape index (κ3) is 4.80. The Hall–Kier alpha value is -3.65. The van der Waals surface area contributed by atoms with Crippen molar-refractivity contribution >= 4 is 40.5 Å². The minimum absolute atomic E-state index is 0.341. The summed E-state index contributed by atoms with van der Waals surface area (Å²) in [6.45, 7) is 0. The zero-order valence-electron chi connectivity index (χ0n) is 15.3. The molecular weight excluding hydrogens is 390 g/mol. The van der Waals surface area contributed by atoms with E-state index in [4.69, 9.17) is 16.6 Å². The van der Waals surface area contributed by atoms with E-state index in [1.54, 1.807) is 17.4 Å². The van der Waals surface area contributed by atoms with Crippen molar-refractivity contribution < 1.29 is 19.5 Å². The third-order valence-electron chi connectivity index (χ3n) is 4.40. The van der Waals surface area contributed by atoms with E-state index in [2.05, 4.69) is 5.32 Å². The number of carboxylic acid groups (broad SMARTS) is 1. The number of aliphatic carboxylic acids is 1. The van der Waals surface area contributed by atoms with Crippen LogP contribution < -0.4 is 16.8 Å². The van der Waals surface area contributed by atoms with Crippen LogP contribution in [-0.2, 0) is 9.59 Å². The second-order valence-electron chi connectivity index (χ2n) is 6.41. The summed E-state index contributed by atoms with van der Waals surface area (Å²) in [6, 6.07) is 15.4. The molecule has 1 unspecified atom stereocenters. The number of thiophene rings is 1. The van der Waals surface area contributed by atoms with Gasteiger partial charge in [0, 0.05) is 10.4 Å². The molecule has 3 rings (SSSR count). The summed E-state index contributed by atoms with van der Waals surface area (Å²) in [5.74, 6) is -3.19. The quantitative estimate of drug-likeness (QED) is 0.444. The van der Waals surface area contributed by atoms with Crippen LogP contribution in [-0.4, -0.2) is 22.9 Å². The van der Waals surface area contributed by atoms with Gasteiger partial charge in [0.05, 0.1) is 23.7 Å². The van der Waals surface area contributed by atoms with Gasteiger partial charge in [-0.15, -0.1) is 11.3 Å². The molecule has 6 N–H and O–H groups in total. The van der Waals surface area contributed by atoms with Crippen molar-refractivity contribution in [1.29, 1.82) is 0 Å². The van der Waals surface area contributed by atoms with Crippen molar-refractivity contribution in [3.63, 3.8) is 0 Å². The van der Waals surface area contributed by atoms with E-state index in [0.717, 1.165) is 10.4 Å². The molecule has 0 bridgehead atoms. The molecule has 2 amide bonds. The highest BCUT2D eigenvalue weighted by Gasteiger charge is 2.21. The average Bonchev–Trinajstić information content (AvgIpc) is 3.22. The molecule has 1 atom stereocenters. The van der Waals surface area contributed by atoms with Crippen molar-refractivity contribution in [2.75, 3.05) is 11.1 Å². The number of primary amides is 1. The van der Waals surface area contributed by atoms with Gasteiger partial charge in [-0.2, -0.15) is 0 Å². The van der Waals surface area contributed by atoms with Crippen molar-refractivity contribution in [1.82, 2.24) is 0 Å². The molecule has 0 fully saturated rings. The first-order valence-electron chi connectivity index (χ1n) is 8.71. The number of nitrogen functional groups attached to an aromatic ring is 1. The fourth-order valence-corrected chi connectivity index (χ4v) is 3.60. The van der Waals surface area contributed by atoms with Crippen LogP contribution in [0.3, 0.4) is 0 Å².